The third kappa shape index (κ3) is 5.25. The lowest BCUT2D eigenvalue weighted by Gasteiger charge is -2.22. The van der Waals surface area contributed by atoms with Crippen molar-refractivity contribution in [3.05, 3.63) is 0 Å². The Hall–Kier alpha value is 0.300. The number of nitrogens with one attached hydrogen (secondary N) is 1. The van der Waals surface area contributed by atoms with Gasteiger partial charge in [0.15, 0.2) is 0 Å². The highest BCUT2D eigenvalue weighted by atomic mass is 35.6. The first-order valence-corrected chi connectivity index (χ1v) is 6.08. The number of piperidine rings is 1. The van der Waals surface area contributed by atoms with Crippen molar-refractivity contribution in [3.63, 3.8) is 0 Å². The molecular formula is C9H14Cl3NO2. The van der Waals surface area contributed by atoms with Crippen LogP contribution in [-0.2, 0) is 9.53 Å². The van der Waals surface area contributed by atoms with Crippen LogP contribution in [0.2, 0.25) is 0 Å². The van der Waals surface area contributed by atoms with E-state index < -0.39 is 9.76 Å². The van der Waals surface area contributed by atoms with Gasteiger partial charge in [0.25, 0.3) is 3.79 Å². The van der Waals surface area contributed by atoms with Gasteiger partial charge in [-0.1, -0.05) is 34.8 Å². The number of halogens is 3. The molecule has 0 aromatic rings. The minimum atomic E-state index is -1.95. The number of esters is 1. The fourth-order valence-corrected chi connectivity index (χ4v) is 1.73. The zero-order valence-electron chi connectivity index (χ0n) is 8.27. The fraction of sp³-hybridized carbons (Fsp3) is 0.889. The molecule has 1 heterocycles. The van der Waals surface area contributed by atoms with E-state index in [1.165, 1.54) is 6.42 Å². The monoisotopic (exact) mass is 273 g/mol. The van der Waals surface area contributed by atoms with Crippen LogP contribution in [0.4, 0.5) is 0 Å². The number of ether oxygens (including phenoxy) is 1. The predicted molar refractivity (Wildman–Crippen MR) is 61.5 cm³/mol. The average Bonchev–Trinajstić information content (AvgIpc) is 2.18. The number of carbonyl (C=O) groups excluding carboxylic acids is 1. The summed E-state index contributed by atoms with van der Waals surface area (Å²) in [6, 6.07) is 0. The van der Waals surface area contributed by atoms with E-state index in [0.29, 0.717) is 12.5 Å². The summed E-state index contributed by atoms with van der Waals surface area (Å²) in [5, 5.41) is 3.28. The van der Waals surface area contributed by atoms with Crippen LogP contribution in [0.5, 0.6) is 0 Å². The average molecular weight is 275 g/mol. The SMILES string of the molecule is O=C(OCCC1CCCNC1)C(Cl)(Cl)Cl. The zero-order valence-corrected chi connectivity index (χ0v) is 10.5. The Labute approximate surface area is 104 Å². The van der Waals surface area contributed by atoms with E-state index in [4.69, 9.17) is 39.5 Å². The van der Waals surface area contributed by atoms with Crippen LogP contribution in [0.25, 0.3) is 0 Å². The Morgan fingerprint density at radius 3 is 2.73 bits per heavy atom. The van der Waals surface area contributed by atoms with Crippen LogP contribution < -0.4 is 5.32 Å². The van der Waals surface area contributed by atoms with Crippen LogP contribution in [0, 0.1) is 5.92 Å². The summed E-state index contributed by atoms with van der Waals surface area (Å²) in [5.41, 5.74) is 0. The smallest absolute Gasteiger partial charge is 0.358 e. The Morgan fingerprint density at radius 1 is 1.47 bits per heavy atom. The fourth-order valence-electron chi connectivity index (χ4n) is 1.57. The first kappa shape index (κ1) is 13.4. The lowest BCUT2D eigenvalue weighted by molar-refractivity contribution is -0.142. The second kappa shape index (κ2) is 6.14. The number of carbonyl (C=O) groups is 1. The van der Waals surface area contributed by atoms with Crippen LogP contribution >= 0.6 is 34.8 Å². The summed E-state index contributed by atoms with van der Waals surface area (Å²) in [7, 11) is 0. The van der Waals surface area contributed by atoms with E-state index in [1.54, 1.807) is 0 Å². The zero-order chi connectivity index (χ0) is 11.3. The molecule has 3 nitrogen and oxygen atoms in total. The molecule has 88 valence electrons. The van der Waals surface area contributed by atoms with Gasteiger partial charge in [0.2, 0.25) is 0 Å². The molecule has 1 fully saturated rings. The van der Waals surface area contributed by atoms with E-state index in [-0.39, 0.29) is 0 Å². The van der Waals surface area contributed by atoms with Gasteiger partial charge in [0, 0.05) is 0 Å². The van der Waals surface area contributed by atoms with E-state index in [0.717, 1.165) is 25.9 Å². The van der Waals surface area contributed by atoms with E-state index in [1.807, 2.05) is 0 Å². The Kier molecular flexibility index (Phi) is 5.47. The van der Waals surface area contributed by atoms with Crippen LogP contribution in [-0.4, -0.2) is 29.5 Å². The van der Waals surface area contributed by atoms with Gasteiger partial charge >= 0.3 is 5.97 Å². The summed E-state index contributed by atoms with van der Waals surface area (Å²) >= 11 is 16.0. The van der Waals surface area contributed by atoms with Crippen LogP contribution in [0.1, 0.15) is 19.3 Å². The Bertz CT molecular complexity index is 212. The Morgan fingerprint density at radius 2 is 2.20 bits per heavy atom. The molecule has 0 radical (unpaired) electrons. The molecule has 0 saturated carbocycles. The third-order valence-corrected chi connectivity index (χ3v) is 2.85. The minimum absolute atomic E-state index is 0.319. The highest BCUT2D eigenvalue weighted by Crippen LogP contribution is 2.27. The van der Waals surface area contributed by atoms with Gasteiger partial charge in [0.1, 0.15) is 0 Å². The predicted octanol–water partition coefficient (Wildman–Crippen LogP) is 2.29. The van der Waals surface area contributed by atoms with Gasteiger partial charge in [0.05, 0.1) is 6.61 Å². The van der Waals surface area contributed by atoms with Gasteiger partial charge in [-0.2, -0.15) is 0 Å². The van der Waals surface area contributed by atoms with Crippen LogP contribution in [0.15, 0.2) is 0 Å². The molecule has 0 amide bonds. The summed E-state index contributed by atoms with van der Waals surface area (Å²) < 4.78 is 2.89. The molecule has 1 aliphatic heterocycles. The van der Waals surface area contributed by atoms with Gasteiger partial charge in [-0.25, -0.2) is 4.79 Å². The van der Waals surface area contributed by atoms with Crippen molar-refractivity contribution >= 4 is 40.8 Å². The van der Waals surface area contributed by atoms with Crippen molar-refractivity contribution in [1.82, 2.24) is 5.32 Å². The second-order valence-electron chi connectivity index (χ2n) is 3.63. The molecule has 15 heavy (non-hydrogen) atoms. The highest BCUT2D eigenvalue weighted by Gasteiger charge is 2.32. The number of hydrogen-bond donors (Lipinski definition) is 1. The van der Waals surface area contributed by atoms with Crippen molar-refractivity contribution in [1.29, 1.82) is 0 Å². The molecule has 1 atom stereocenters. The van der Waals surface area contributed by atoms with Gasteiger partial charge < -0.3 is 10.1 Å². The summed E-state index contributed by atoms with van der Waals surface area (Å²) in [6.45, 7) is 2.37. The van der Waals surface area contributed by atoms with Crippen LogP contribution in [0.3, 0.4) is 0 Å². The largest absolute Gasteiger partial charge is 0.463 e. The maximum absolute atomic E-state index is 11.1. The van der Waals surface area contributed by atoms with Crippen molar-refractivity contribution in [2.45, 2.75) is 23.1 Å². The van der Waals surface area contributed by atoms with Gasteiger partial charge in [-0.05, 0) is 38.3 Å². The topological polar surface area (TPSA) is 38.3 Å². The molecule has 1 rings (SSSR count). The summed E-state index contributed by atoms with van der Waals surface area (Å²) in [5.74, 6) is -0.238. The molecular weight excluding hydrogens is 260 g/mol. The normalized spacial score (nSPS) is 22.5. The van der Waals surface area contributed by atoms with E-state index >= 15 is 0 Å². The molecule has 0 spiro atoms. The molecule has 0 bridgehead atoms. The molecule has 1 aliphatic rings. The number of rotatable bonds is 3. The molecule has 6 heteroatoms. The molecule has 0 aromatic heterocycles. The molecule has 1 N–H and O–H groups in total. The summed E-state index contributed by atoms with van der Waals surface area (Å²) in [4.78, 5) is 11.1. The van der Waals surface area contributed by atoms with E-state index in [9.17, 15) is 4.79 Å². The maximum Gasteiger partial charge on any atom is 0.358 e. The number of alkyl halides is 3. The third-order valence-electron chi connectivity index (χ3n) is 2.39. The van der Waals surface area contributed by atoms with E-state index in [2.05, 4.69) is 5.32 Å². The first-order chi connectivity index (χ1) is 7.00. The second-order valence-corrected chi connectivity index (χ2v) is 5.92. The molecule has 1 unspecified atom stereocenters. The Balaban J connectivity index is 2.12. The van der Waals surface area contributed by atoms with Crippen molar-refractivity contribution < 1.29 is 9.53 Å². The quantitative estimate of drug-likeness (QED) is 0.634. The molecule has 1 saturated heterocycles. The number of hydrogen-bond acceptors (Lipinski definition) is 3. The van der Waals surface area contributed by atoms with Gasteiger partial charge in [-0.15, -0.1) is 0 Å². The lowest BCUT2D eigenvalue weighted by atomic mass is 9.97. The highest BCUT2D eigenvalue weighted by molar-refractivity contribution is 6.75. The van der Waals surface area contributed by atoms with Crippen molar-refractivity contribution in [2.75, 3.05) is 19.7 Å². The molecule has 0 aliphatic carbocycles. The standard InChI is InChI=1S/C9H14Cl3NO2/c10-9(11,12)8(14)15-5-3-7-2-1-4-13-6-7/h7,13H,1-6H2. The molecule has 0 aromatic carbocycles. The minimum Gasteiger partial charge on any atom is -0.463 e. The van der Waals surface area contributed by atoms with Crippen molar-refractivity contribution in [3.8, 4) is 0 Å². The first-order valence-electron chi connectivity index (χ1n) is 4.95. The van der Waals surface area contributed by atoms with Crippen molar-refractivity contribution in [2.24, 2.45) is 5.92 Å². The van der Waals surface area contributed by atoms with Gasteiger partial charge in [-0.3, -0.25) is 0 Å². The lowest BCUT2D eigenvalue weighted by Crippen LogP contribution is -2.31. The maximum atomic E-state index is 11.1. The summed E-state index contributed by atoms with van der Waals surface area (Å²) in [6.07, 6.45) is 3.15.